The highest BCUT2D eigenvalue weighted by Crippen LogP contribution is 2.10. The third kappa shape index (κ3) is 3.01. The SMILES string of the molecule is O=C(O)c1csc(CNC(=O)[C@H]2CCCN2)n1. The van der Waals surface area contributed by atoms with Gasteiger partial charge in [-0.1, -0.05) is 0 Å². The van der Waals surface area contributed by atoms with Gasteiger partial charge in [0.05, 0.1) is 12.6 Å². The zero-order valence-electron chi connectivity index (χ0n) is 9.10. The zero-order valence-corrected chi connectivity index (χ0v) is 9.92. The van der Waals surface area contributed by atoms with Gasteiger partial charge >= 0.3 is 5.97 Å². The molecule has 92 valence electrons. The minimum absolute atomic E-state index is 0.0261. The van der Waals surface area contributed by atoms with Gasteiger partial charge in [0, 0.05) is 5.38 Å². The monoisotopic (exact) mass is 255 g/mol. The number of thiazole rings is 1. The first-order chi connectivity index (χ1) is 8.16. The normalized spacial score (nSPS) is 19.2. The van der Waals surface area contributed by atoms with Crippen LogP contribution in [0.15, 0.2) is 5.38 Å². The van der Waals surface area contributed by atoms with Crippen LogP contribution in [0.2, 0.25) is 0 Å². The van der Waals surface area contributed by atoms with E-state index in [1.807, 2.05) is 0 Å². The van der Waals surface area contributed by atoms with Gasteiger partial charge in [0.25, 0.3) is 0 Å². The van der Waals surface area contributed by atoms with Crippen molar-refractivity contribution >= 4 is 23.2 Å². The molecule has 0 radical (unpaired) electrons. The van der Waals surface area contributed by atoms with Crippen LogP contribution >= 0.6 is 11.3 Å². The molecule has 2 heterocycles. The van der Waals surface area contributed by atoms with Crippen molar-refractivity contribution in [3.63, 3.8) is 0 Å². The molecule has 1 saturated heterocycles. The third-order valence-electron chi connectivity index (χ3n) is 2.56. The maximum absolute atomic E-state index is 11.6. The lowest BCUT2D eigenvalue weighted by Gasteiger charge is -2.09. The smallest absolute Gasteiger partial charge is 0.355 e. The summed E-state index contributed by atoms with van der Waals surface area (Å²) in [6.45, 7) is 1.16. The lowest BCUT2D eigenvalue weighted by molar-refractivity contribution is -0.122. The summed E-state index contributed by atoms with van der Waals surface area (Å²) in [5.74, 6) is -1.09. The fraction of sp³-hybridized carbons (Fsp3) is 0.500. The van der Waals surface area contributed by atoms with Crippen molar-refractivity contribution in [2.75, 3.05) is 6.54 Å². The van der Waals surface area contributed by atoms with Gasteiger partial charge in [0.2, 0.25) is 5.91 Å². The number of carboxylic acids is 1. The summed E-state index contributed by atoms with van der Waals surface area (Å²) in [4.78, 5) is 26.1. The molecule has 0 saturated carbocycles. The van der Waals surface area contributed by atoms with Crippen LogP contribution in [0.4, 0.5) is 0 Å². The summed E-state index contributed by atoms with van der Waals surface area (Å²) in [7, 11) is 0. The molecule has 0 spiro atoms. The van der Waals surface area contributed by atoms with Crippen LogP contribution in [0.25, 0.3) is 0 Å². The number of aromatic nitrogens is 1. The van der Waals surface area contributed by atoms with E-state index in [1.165, 1.54) is 16.7 Å². The molecule has 0 aromatic carbocycles. The first-order valence-electron chi connectivity index (χ1n) is 5.35. The molecule has 6 nitrogen and oxygen atoms in total. The largest absolute Gasteiger partial charge is 0.476 e. The van der Waals surface area contributed by atoms with E-state index in [2.05, 4.69) is 15.6 Å². The van der Waals surface area contributed by atoms with E-state index < -0.39 is 5.97 Å². The Hall–Kier alpha value is -1.47. The van der Waals surface area contributed by atoms with Crippen LogP contribution in [0.1, 0.15) is 28.3 Å². The fourth-order valence-electron chi connectivity index (χ4n) is 1.68. The van der Waals surface area contributed by atoms with Gasteiger partial charge in [-0.2, -0.15) is 0 Å². The Balaban J connectivity index is 1.84. The van der Waals surface area contributed by atoms with Gasteiger partial charge in [0.15, 0.2) is 5.69 Å². The van der Waals surface area contributed by atoms with E-state index in [-0.39, 0.29) is 24.2 Å². The van der Waals surface area contributed by atoms with Crippen LogP contribution in [-0.2, 0) is 11.3 Å². The molecule has 2 rings (SSSR count). The summed E-state index contributed by atoms with van der Waals surface area (Å²) < 4.78 is 0. The number of carboxylic acid groups (broad SMARTS) is 1. The summed E-state index contributed by atoms with van der Waals surface area (Å²) in [6, 6.07) is -0.117. The Morgan fingerprint density at radius 1 is 1.65 bits per heavy atom. The van der Waals surface area contributed by atoms with E-state index in [1.54, 1.807) is 0 Å². The molecule has 0 aliphatic carbocycles. The van der Waals surface area contributed by atoms with Crippen LogP contribution in [0.3, 0.4) is 0 Å². The number of hydrogen-bond acceptors (Lipinski definition) is 5. The first-order valence-corrected chi connectivity index (χ1v) is 6.23. The number of carbonyl (C=O) groups is 2. The Morgan fingerprint density at radius 3 is 3.06 bits per heavy atom. The van der Waals surface area contributed by atoms with Crippen molar-refractivity contribution in [1.29, 1.82) is 0 Å². The average molecular weight is 255 g/mol. The maximum atomic E-state index is 11.6. The highest BCUT2D eigenvalue weighted by atomic mass is 32.1. The molecule has 1 atom stereocenters. The average Bonchev–Trinajstić information content (AvgIpc) is 2.97. The van der Waals surface area contributed by atoms with Crippen molar-refractivity contribution in [1.82, 2.24) is 15.6 Å². The Labute approximate surface area is 102 Å². The molecule has 0 unspecified atom stereocenters. The molecule has 1 aromatic heterocycles. The highest BCUT2D eigenvalue weighted by molar-refractivity contribution is 7.09. The van der Waals surface area contributed by atoms with Crippen molar-refractivity contribution in [3.8, 4) is 0 Å². The lowest BCUT2D eigenvalue weighted by Crippen LogP contribution is -2.39. The Kier molecular flexibility index (Phi) is 3.70. The van der Waals surface area contributed by atoms with E-state index in [0.29, 0.717) is 5.01 Å². The van der Waals surface area contributed by atoms with E-state index in [4.69, 9.17) is 5.11 Å². The first kappa shape index (κ1) is 12.0. The van der Waals surface area contributed by atoms with Gasteiger partial charge in [-0.05, 0) is 19.4 Å². The molecule has 0 bridgehead atoms. The Bertz CT molecular complexity index is 426. The topological polar surface area (TPSA) is 91.3 Å². The molecule has 17 heavy (non-hydrogen) atoms. The van der Waals surface area contributed by atoms with Crippen LogP contribution in [0, 0.1) is 0 Å². The summed E-state index contributed by atoms with van der Waals surface area (Å²) in [5, 5.41) is 16.6. The molecule has 1 aliphatic heterocycles. The predicted molar refractivity (Wildman–Crippen MR) is 61.9 cm³/mol. The molecular formula is C10H13N3O3S. The lowest BCUT2D eigenvalue weighted by atomic mass is 10.2. The highest BCUT2D eigenvalue weighted by Gasteiger charge is 2.21. The number of aromatic carboxylic acids is 1. The van der Waals surface area contributed by atoms with Crippen molar-refractivity contribution in [2.24, 2.45) is 0 Å². The third-order valence-corrected chi connectivity index (χ3v) is 3.41. The summed E-state index contributed by atoms with van der Waals surface area (Å²) >= 11 is 1.24. The second-order valence-corrected chi connectivity index (χ2v) is 4.74. The number of hydrogen-bond donors (Lipinski definition) is 3. The standard InChI is InChI=1S/C10H13N3O3S/c14-9(6-2-1-3-11-6)12-4-8-13-7(5-17-8)10(15)16/h5-6,11H,1-4H2,(H,12,14)(H,15,16)/t6-/m1/s1. The van der Waals surface area contributed by atoms with E-state index in [9.17, 15) is 9.59 Å². The molecule has 7 heteroatoms. The number of nitrogens with one attached hydrogen (secondary N) is 2. The van der Waals surface area contributed by atoms with Crippen LogP contribution in [-0.4, -0.2) is 34.6 Å². The second-order valence-electron chi connectivity index (χ2n) is 3.80. The number of amides is 1. The van der Waals surface area contributed by atoms with Crippen molar-refractivity contribution in [2.45, 2.75) is 25.4 Å². The van der Waals surface area contributed by atoms with Gasteiger partial charge in [-0.15, -0.1) is 11.3 Å². The number of rotatable bonds is 4. The quantitative estimate of drug-likeness (QED) is 0.715. The zero-order chi connectivity index (χ0) is 12.3. The Morgan fingerprint density at radius 2 is 2.47 bits per heavy atom. The minimum Gasteiger partial charge on any atom is -0.476 e. The summed E-state index contributed by atoms with van der Waals surface area (Å²) in [5.41, 5.74) is 0.0261. The molecule has 1 fully saturated rings. The predicted octanol–water partition coefficient (Wildman–Crippen LogP) is 0.209. The van der Waals surface area contributed by atoms with Gasteiger partial charge in [-0.3, -0.25) is 4.79 Å². The fourth-order valence-corrected chi connectivity index (χ4v) is 2.39. The van der Waals surface area contributed by atoms with Gasteiger partial charge in [0.1, 0.15) is 5.01 Å². The van der Waals surface area contributed by atoms with Crippen LogP contribution in [0.5, 0.6) is 0 Å². The van der Waals surface area contributed by atoms with Gasteiger partial charge in [-0.25, -0.2) is 9.78 Å². The van der Waals surface area contributed by atoms with Gasteiger partial charge < -0.3 is 15.7 Å². The van der Waals surface area contributed by atoms with Crippen molar-refractivity contribution < 1.29 is 14.7 Å². The van der Waals surface area contributed by atoms with Crippen LogP contribution < -0.4 is 10.6 Å². The number of carbonyl (C=O) groups excluding carboxylic acids is 1. The molecular weight excluding hydrogens is 242 g/mol. The maximum Gasteiger partial charge on any atom is 0.355 e. The number of nitrogens with zero attached hydrogens (tertiary/aromatic N) is 1. The van der Waals surface area contributed by atoms with E-state index in [0.717, 1.165) is 19.4 Å². The minimum atomic E-state index is -1.05. The summed E-state index contributed by atoms with van der Waals surface area (Å²) in [6.07, 6.45) is 1.86. The molecule has 1 aliphatic rings. The van der Waals surface area contributed by atoms with Crippen molar-refractivity contribution in [3.05, 3.63) is 16.1 Å². The van der Waals surface area contributed by atoms with E-state index >= 15 is 0 Å². The second kappa shape index (κ2) is 5.24. The molecule has 1 aromatic rings. The molecule has 3 N–H and O–H groups in total. The molecule has 1 amide bonds.